The monoisotopic (exact) mass is 370 g/mol. The van der Waals surface area contributed by atoms with Crippen LogP contribution in [0.25, 0.3) is 0 Å². The molecule has 0 aromatic heterocycles. The molecule has 0 aliphatic rings. The highest BCUT2D eigenvalue weighted by molar-refractivity contribution is 9.10. The molecule has 0 bridgehead atoms. The molecule has 0 amide bonds. The molecule has 0 spiro atoms. The van der Waals surface area contributed by atoms with E-state index in [9.17, 15) is 4.39 Å². The Morgan fingerprint density at radius 2 is 2.05 bits per heavy atom. The summed E-state index contributed by atoms with van der Waals surface area (Å²) in [4.78, 5) is 2.10. The van der Waals surface area contributed by atoms with Crippen molar-refractivity contribution >= 4 is 27.5 Å². The summed E-state index contributed by atoms with van der Waals surface area (Å²) in [6, 6.07) is 12.9. The molecule has 0 saturated heterocycles. The molecule has 21 heavy (non-hydrogen) atoms. The Morgan fingerprint density at radius 3 is 2.67 bits per heavy atom. The highest BCUT2D eigenvalue weighted by Crippen LogP contribution is 2.25. The van der Waals surface area contributed by atoms with Gasteiger partial charge >= 0.3 is 0 Å². The quantitative estimate of drug-likeness (QED) is 0.845. The summed E-state index contributed by atoms with van der Waals surface area (Å²) in [7, 11) is 1.98. The van der Waals surface area contributed by atoms with Crippen LogP contribution in [0.2, 0.25) is 5.02 Å². The van der Waals surface area contributed by atoms with Crippen molar-refractivity contribution < 1.29 is 4.39 Å². The van der Waals surface area contributed by atoms with Crippen molar-refractivity contribution in [3.8, 4) is 0 Å². The highest BCUT2D eigenvalue weighted by Gasteiger charge is 2.17. The molecule has 5 heteroatoms. The Hall–Kier alpha value is -0.940. The molecule has 0 aliphatic heterocycles. The van der Waals surface area contributed by atoms with E-state index in [0.717, 1.165) is 16.6 Å². The van der Waals surface area contributed by atoms with Gasteiger partial charge in [-0.25, -0.2) is 4.39 Å². The van der Waals surface area contributed by atoms with Crippen LogP contribution in [0.4, 0.5) is 4.39 Å². The van der Waals surface area contributed by atoms with Crippen LogP contribution in [-0.2, 0) is 6.54 Å². The van der Waals surface area contributed by atoms with Gasteiger partial charge in [0.15, 0.2) is 0 Å². The molecule has 0 heterocycles. The van der Waals surface area contributed by atoms with Gasteiger partial charge in [-0.1, -0.05) is 45.7 Å². The first-order valence-corrected chi connectivity index (χ1v) is 7.78. The van der Waals surface area contributed by atoms with E-state index >= 15 is 0 Å². The zero-order valence-electron chi connectivity index (χ0n) is 11.7. The summed E-state index contributed by atoms with van der Waals surface area (Å²) in [5.41, 5.74) is 7.87. The first-order valence-electron chi connectivity index (χ1n) is 6.61. The third kappa shape index (κ3) is 4.27. The number of nitrogens with two attached hydrogens (primary N) is 1. The molecule has 0 aliphatic carbocycles. The summed E-state index contributed by atoms with van der Waals surface area (Å²) in [5, 5.41) is 0.129. The van der Waals surface area contributed by atoms with Crippen molar-refractivity contribution in [2.45, 2.75) is 12.6 Å². The van der Waals surface area contributed by atoms with E-state index in [1.807, 2.05) is 25.2 Å². The van der Waals surface area contributed by atoms with E-state index in [1.165, 1.54) is 11.6 Å². The Morgan fingerprint density at radius 1 is 1.29 bits per heavy atom. The number of nitrogens with zero attached hydrogens (tertiary/aromatic N) is 1. The fourth-order valence-corrected chi connectivity index (χ4v) is 2.89. The van der Waals surface area contributed by atoms with Gasteiger partial charge in [0.25, 0.3) is 0 Å². The first kappa shape index (κ1) is 16.4. The number of halogens is 3. The maximum absolute atomic E-state index is 13.6. The molecule has 2 N–H and O–H groups in total. The average molecular weight is 372 g/mol. The summed E-state index contributed by atoms with van der Waals surface area (Å²) >= 11 is 9.19. The number of rotatable bonds is 5. The molecular formula is C16H17BrClFN2. The van der Waals surface area contributed by atoms with Gasteiger partial charge in [-0.15, -0.1) is 0 Å². The fourth-order valence-electron chi connectivity index (χ4n) is 2.32. The maximum atomic E-state index is 13.6. The van der Waals surface area contributed by atoms with Gasteiger partial charge in [0, 0.05) is 23.6 Å². The van der Waals surface area contributed by atoms with E-state index < -0.39 is 5.82 Å². The molecule has 1 unspecified atom stereocenters. The van der Waals surface area contributed by atoms with Gasteiger partial charge in [0.05, 0.1) is 5.02 Å². The van der Waals surface area contributed by atoms with E-state index in [1.54, 1.807) is 6.07 Å². The standard InChI is InChI=1S/C16H17BrClFN2/c1-21(10-11-3-2-4-13(17)7-11)16(9-20)12-5-6-14(18)15(19)8-12/h2-8,16H,9-10,20H2,1H3. The topological polar surface area (TPSA) is 29.3 Å². The van der Waals surface area contributed by atoms with Gasteiger partial charge in [-0.05, 0) is 42.4 Å². The summed E-state index contributed by atoms with van der Waals surface area (Å²) in [6.07, 6.45) is 0. The smallest absolute Gasteiger partial charge is 0.142 e. The van der Waals surface area contributed by atoms with E-state index in [0.29, 0.717) is 6.54 Å². The molecule has 2 aromatic carbocycles. The van der Waals surface area contributed by atoms with Crippen LogP contribution < -0.4 is 5.73 Å². The Balaban J connectivity index is 2.18. The number of hydrogen-bond acceptors (Lipinski definition) is 2. The Labute approximate surface area is 137 Å². The second-order valence-electron chi connectivity index (χ2n) is 4.97. The third-order valence-corrected chi connectivity index (χ3v) is 4.20. The summed E-state index contributed by atoms with van der Waals surface area (Å²) in [5.74, 6) is -0.413. The summed E-state index contributed by atoms with van der Waals surface area (Å²) in [6.45, 7) is 1.14. The zero-order valence-corrected chi connectivity index (χ0v) is 14.0. The fraction of sp³-hybridized carbons (Fsp3) is 0.250. The van der Waals surface area contributed by atoms with Crippen molar-refractivity contribution in [1.82, 2.24) is 4.90 Å². The second kappa shape index (κ2) is 7.36. The molecule has 2 nitrogen and oxygen atoms in total. The normalized spacial score (nSPS) is 12.7. The highest BCUT2D eigenvalue weighted by atomic mass is 79.9. The van der Waals surface area contributed by atoms with Crippen LogP contribution >= 0.6 is 27.5 Å². The van der Waals surface area contributed by atoms with Crippen LogP contribution in [-0.4, -0.2) is 18.5 Å². The molecule has 112 valence electrons. The van der Waals surface area contributed by atoms with Crippen molar-refractivity contribution in [3.63, 3.8) is 0 Å². The maximum Gasteiger partial charge on any atom is 0.142 e. The van der Waals surface area contributed by atoms with Gasteiger partial charge in [0.1, 0.15) is 5.82 Å². The Kier molecular flexibility index (Phi) is 5.76. The molecular weight excluding hydrogens is 355 g/mol. The molecule has 0 saturated carbocycles. The van der Waals surface area contributed by atoms with Crippen LogP contribution in [0.1, 0.15) is 17.2 Å². The minimum atomic E-state index is -0.413. The third-order valence-electron chi connectivity index (χ3n) is 3.40. The molecule has 0 fully saturated rings. The predicted molar refractivity (Wildman–Crippen MR) is 88.8 cm³/mol. The van der Waals surface area contributed by atoms with Gasteiger partial charge in [-0.2, -0.15) is 0 Å². The minimum Gasteiger partial charge on any atom is -0.329 e. The van der Waals surface area contributed by atoms with Gasteiger partial charge in [-0.3, -0.25) is 4.90 Å². The van der Waals surface area contributed by atoms with Crippen molar-refractivity contribution in [2.24, 2.45) is 5.73 Å². The van der Waals surface area contributed by atoms with Crippen molar-refractivity contribution in [1.29, 1.82) is 0 Å². The van der Waals surface area contributed by atoms with Gasteiger partial charge < -0.3 is 5.73 Å². The lowest BCUT2D eigenvalue weighted by molar-refractivity contribution is 0.241. The Bertz CT molecular complexity index is 621. The molecule has 1 atom stereocenters. The largest absolute Gasteiger partial charge is 0.329 e. The first-order chi connectivity index (χ1) is 10.0. The van der Waals surface area contributed by atoms with E-state index in [-0.39, 0.29) is 11.1 Å². The SMILES string of the molecule is CN(Cc1cccc(Br)c1)C(CN)c1ccc(Cl)c(F)c1. The molecule has 2 aromatic rings. The van der Waals surface area contributed by atoms with E-state index in [4.69, 9.17) is 17.3 Å². The number of hydrogen-bond donors (Lipinski definition) is 1. The lowest BCUT2D eigenvalue weighted by atomic mass is 10.0. The number of benzene rings is 2. The van der Waals surface area contributed by atoms with Crippen LogP contribution in [0, 0.1) is 5.82 Å². The van der Waals surface area contributed by atoms with Crippen LogP contribution in [0.5, 0.6) is 0 Å². The van der Waals surface area contributed by atoms with Crippen molar-refractivity contribution in [2.75, 3.05) is 13.6 Å². The molecule has 2 rings (SSSR count). The van der Waals surface area contributed by atoms with Crippen molar-refractivity contribution in [3.05, 3.63) is 68.9 Å². The van der Waals surface area contributed by atoms with Gasteiger partial charge in [0.2, 0.25) is 0 Å². The lowest BCUT2D eigenvalue weighted by Crippen LogP contribution is -2.30. The lowest BCUT2D eigenvalue weighted by Gasteiger charge is -2.27. The van der Waals surface area contributed by atoms with Crippen LogP contribution in [0.3, 0.4) is 0 Å². The second-order valence-corrected chi connectivity index (χ2v) is 6.29. The minimum absolute atomic E-state index is 0.0595. The van der Waals surface area contributed by atoms with E-state index in [2.05, 4.69) is 33.0 Å². The van der Waals surface area contributed by atoms with Crippen LogP contribution in [0.15, 0.2) is 46.9 Å². The average Bonchev–Trinajstić information content (AvgIpc) is 2.43. The summed E-state index contributed by atoms with van der Waals surface area (Å²) < 4.78 is 14.7. The number of likely N-dealkylation sites (N-methyl/N-ethyl adjacent to an activating group) is 1. The zero-order chi connectivity index (χ0) is 15.4. The molecule has 0 radical (unpaired) electrons. The predicted octanol–water partition coefficient (Wildman–Crippen LogP) is 4.37.